The van der Waals surface area contributed by atoms with E-state index >= 15 is 0 Å². The highest BCUT2D eigenvalue weighted by molar-refractivity contribution is 6.30. The average Bonchev–Trinajstić information content (AvgIpc) is 3.24. The Kier molecular flexibility index (Phi) is 5.50. The number of aromatic amines is 1. The van der Waals surface area contributed by atoms with Crippen molar-refractivity contribution >= 4 is 22.6 Å². The van der Waals surface area contributed by atoms with Gasteiger partial charge in [-0.2, -0.15) is 5.10 Å². The fourth-order valence-corrected chi connectivity index (χ4v) is 4.13. The summed E-state index contributed by atoms with van der Waals surface area (Å²) in [5.41, 5.74) is 5.91. The van der Waals surface area contributed by atoms with Gasteiger partial charge in [0.15, 0.2) is 0 Å². The molecule has 2 N–H and O–H groups in total. The Morgan fingerprint density at radius 2 is 1.97 bits per heavy atom. The van der Waals surface area contributed by atoms with E-state index in [2.05, 4.69) is 15.2 Å². The third-order valence-corrected chi connectivity index (χ3v) is 5.80. The molecule has 0 saturated heterocycles. The third kappa shape index (κ3) is 4.04. The second kappa shape index (κ2) is 8.61. The van der Waals surface area contributed by atoms with E-state index in [9.17, 15) is 9.90 Å². The zero-order valence-electron chi connectivity index (χ0n) is 17.7. The van der Waals surface area contributed by atoms with Crippen LogP contribution in [0.25, 0.3) is 33.5 Å². The Morgan fingerprint density at radius 3 is 2.73 bits per heavy atom. The first-order chi connectivity index (χ1) is 16.0. The molecule has 5 aromatic rings. The molecule has 1 atom stereocenters. The van der Waals surface area contributed by atoms with Gasteiger partial charge >= 0.3 is 0 Å². The van der Waals surface area contributed by atoms with Gasteiger partial charge in [0.05, 0.1) is 23.9 Å². The number of benzene rings is 1. The van der Waals surface area contributed by atoms with Crippen LogP contribution in [0.15, 0.2) is 77.9 Å². The number of nitrogens with zero attached hydrogens (tertiary/aromatic N) is 4. The molecule has 0 bridgehead atoms. The summed E-state index contributed by atoms with van der Waals surface area (Å²) in [6, 6.07) is 17.5. The zero-order valence-corrected chi connectivity index (χ0v) is 18.5. The van der Waals surface area contributed by atoms with Gasteiger partial charge in [-0.15, -0.1) is 0 Å². The fraction of sp³-hybridized carbons (Fsp3) is 0.120. The molecule has 0 aliphatic heterocycles. The highest BCUT2D eigenvalue weighted by atomic mass is 35.5. The molecule has 0 saturated carbocycles. The Morgan fingerprint density at radius 1 is 1.09 bits per heavy atom. The van der Waals surface area contributed by atoms with Crippen molar-refractivity contribution in [2.75, 3.05) is 6.61 Å². The molecular weight excluding hydrogens is 438 g/mol. The van der Waals surface area contributed by atoms with Gasteiger partial charge in [0, 0.05) is 40.3 Å². The summed E-state index contributed by atoms with van der Waals surface area (Å²) < 4.78 is 1.50. The highest BCUT2D eigenvalue weighted by Crippen LogP contribution is 2.28. The Bertz CT molecular complexity index is 1530. The quantitative estimate of drug-likeness (QED) is 0.408. The summed E-state index contributed by atoms with van der Waals surface area (Å²) in [5.74, 6) is 0. The van der Waals surface area contributed by atoms with Crippen molar-refractivity contribution in [2.24, 2.45) is 0 Å². The zero-order chi connectivity index (χ0) is 22.9. The highest BCUT2D eigenvalue weighted by Gasteiger charge is 2.16. The minimum atomic E-state index is -0.531. The molecule has 33 heavy (non-hydrogen) atoms. The van der Waals surface area contributed by atoms with E-state index < -0.39 is 6.04 Å². The number of aromatic nitrogens is 5. The molecule has 0 aliphatic rings. The number of fused-ring (bicyclic) bond motifs is 1. The first kappa shape index (κ1) is 21.1. The minimum absolute atomic E-state index is 0.229. The lowest BCUT2D eigenvalue weighted by Crippen LogP contribution is -2.26. The molecule has 7 nitrogen and oxygen atoms in total. The monoisotopic (exact) mass is 457 g/mol. The van der Waals surface area contributed by atoms with Crippen LogP contribution in [-0.2, 0) is 0 Å². The summed E-state index contributed by atoms with van der Waals surface area (Å²) in [6.45, 7) is 1.70. The van der Waals surface area contributed by atoms with Crippen LogP contribution >= 0.6 is 11.6 Å². The number of nitrogens with one attached hydrogen (secondary N) is 1. The van der Waals surface area contributed by atoms with Crippen molar-refractivity contribution in [2.45, 2.75) is 13.0 Å². The summed E-state index contributed by atoms with van der Waals surface area (Å²) >= 11 is 6.09. The van der Waals surface area contributed by atoms with Crippen LogP contribution in [-0.4, -0.2) is 36.4 Å². The Hall–Kier alpha value is -3.81. The molecular formula is C25H20ClN5O2. The van der Waals surface area contributed by atoms with Crippen molar-refractivity contribution in [3.63, 3.8) is 0 Å². The Labute approximate surface area is 194 Å². The summed E-state index contributed by atoms with van der Waals surface area (Å²) in [4.78, 5) is 22.0. The van der Waals surface area contributed by atoms with E-state index in [4.69, 9.17) is 16.6 Å². The maximum absolute atomic E-state index is 13.0. The Balaban J connectivity index is 1.55. The van der Waals surface area contributed by atoms with Gasteiger partial charge in [0.1, 0.15) is 11.2 Å². The van der Waals surface area contributed by atoms with Crippen LogP contribution in [0.2, 0.25) is 5.02 Å². The van der Waals surface area contributed by atoms with Gasteiger partial charge in [-0.25, -0.2) is 4.98 Å². The molecule has 5 rings (SSSR count). The molecule has 4 aromatic heterocycles. The average molecular weight is 458 g/mol. The third-order valence-electron chi connectivity index (χ3n) is 5.56. The maximum Gasteiger partial charge on any atom is 0.251 e. The van der Waals surface area contributed by atoms with E-state index in [1.807, 2.05) is 43.3 Å². The predicted octanol–water partition coefficient (Wildman–Crippen LogP) is 4.39. The standard InChI is InChI=1S/C25H20ClN5O2/c1-15-11-18(7-9-27-15)24-25-21(29-30-24)6-5-20(28-25)16-8-10-31(23(33)13-16)22(14-32)17-3-2-4-19(26)12-17/h2-13,22,32H,14H2,1H3,(H,29,30). The van der Waals surface area contributed by atoms with E-state index in [1.54, 1.807) is 30.6 Å². The summed E-state index contributed by atoms with van der Waals surface area (Å²) in [6.07, 6.45) is 3.42. The normalized spacial score (nSPS) is 12.2. The molecule has 1 unspecified atom stereocenters. The van der Waals surface area contributed by atoms with Gasteiger partial charge in [0.2, 0.25) is 0 Å². The predicted molar refractivity (Wildman–Crippen MR) is 128 cm³/mol. The van der Waals surface area contributed by atoms with Crippen LogP contribution in [0.3, 0.4) is 0 Å². The number of hydrogen-bond donors (Lipinski definition) is 2. The molecule has 0 aliphatic carbocycles. The second-order valence-corrected chi connectivity index (χ2v) is 8.20. The lowest BCUT2D eigenvalue weighted by molar-refractivity contribution is 0.247. The van der Waals surface area contributed by atoms with Crippen LogP contribution in [0.4, 0.5) is 0 Å². The van der Waals surface area contributed by atoms with Crippen LogP contribution in [0.1, 0.15) is 17.3 Å². The SMILES string of the molecule is Cc1cc(-c2n[nH]c3ccc(-c4ccn(C(CO)c5cccc(Cl)c5)c(=O)c4)nc23)ccn1. The van der Waals surface area contributed by atoms with E-state index in [0.717, 1.165) is 33.5 Å². The maximum atomic E-state index is 13.0. The first-order valence-corrected chi connectivity index (χ1v) is 10.8. The smallest absolute Gasteiger partial charge is 0.251 e. The molecule has 8 heteroatoms. The fourth-order valence-electron chi connectivity index (χ4n) is 3.93. The minimum Gasteiger partial charge on any atom is -0.394 e. The van der Waals surface area contributed by atoms with E-state index in [1.165, 1.54) is 10.6 Å². The largest absolute Gasteiger partial charge is 0.394 e. The number of halogens is 1. The van der Waals surface area contributed by atoms with Crippen molar-refractivity contribution in [1.29, 1.82) is 0 Å². The summed E-state index contributed by atoms with van der Waals surface area (Å²) in [7, 11) is 0. The molecule has 1 aromatic carbocycles. The number of aliphatic hydroxyl groups excluding tert-OH is 1. The van der Waals surface area contributed by atoms with E-state index in [0.29, 0.717) is 16.3 Å². The molecule has 0 fully saturated rings. The molecule has 0 spiro atoms. The van der Waals surface area contributed by atoms with Crippen LogP contribution in [0.5, 0.6) is 0 Å². The number of pyridine rings is 3. The van der Waals surface area contributed by atoms with Crippen molar-refractivity contribution in [3.8, 4) is 22.5 Å². The van der Waals surface area contributed by atoms with Gasteiger partial charge in [-0.3, -0.25) is 14.9 Å². The topological polar surface area (TPSA) is 96.7 Å². The number of hydrogen-bond acceptors (Lipinski definition) is 5. The molecule has 4 heterocycles. The van der Waals surface area contributed by atoms with Crippen molar-refractivity contribution in [3.05, 3.63) is 99.7 Å². The van der Waals surface area contributed by atoms with Gasteiger partial charge < -0.3 is 9.67 Å². The number of aliphatic hydroxyl groups is 1. The molecule has 0 amide bonds. The van der Waals surface area contributed by atoms with Crippen molar-refractivity contribution < 1.29 is 5.11 Å². The summed E-state index contributed by atoms with van der Waals surface area (Å²) in [5, 5.41) is 17.9. The number of aryl methyl sites for hydroxylation is 1. The van der Waals surface area contributed by atoms with Gasteiger partial charge in [-0.1, -0.05) is 23.7 Å². The first-order valence-electron chi connectivity index (χ1n) is 10.4. The number of H-pyrrole nitrogens is 1. The van der Waals surface area contributed by atoms with Gasteiger partial charge in [-0.05, 0) is 55.0 Å². The number of rotatable bonds is 5. The second-order valence-electron chi connectivity index (χ2n) is 7.77. The van der Waals surface area contributed by atoms with E-state index in [-0.39, 0.29) is 12.2 Å². The van der Waals surface area contributed by atoms with Crippen molar-refractivity contribution in [1.82, 2.24) is 24.7 Å². The molecule has 164 valence electrons. The molecule has 0 radical (unpaired) electrons. The van der Waals surface area contributed by atoms with Gasteiger partial charge in [0.25, 0.3) is 5.56 Å². The lowest BCUT2D eigenvalue weighted by atomic mass is 10.1. The lowest BCUT2D eigenvalue weighted by Gasteiger charge is -2.18. The van der Waals surface area contributed by atoms with Crippen LogP contribution < -0.4 is 5.56 Å². The van der Waals surface area contributed by atoms with Crippen LogP contribution in [0, 0.1) is 6.92 Å².